The number of benzene rings is 1. The lowest BCUT2D eigenvalue weighted by Gasteiger charge is -2.29. The van der Waals surface area contributed by atoms with Gasteiger partial charge in [-0.15, -0.1) is 4.83 Å². The van der Waals surface area contributed by atoms with E-state index in [1.165, 1.54) is 12.1 Å². The van der Waals surface area contributed by atoms with Crippen molar-refractivity contribution in [1.82, 2.24) is 29.4 Å². The molecule has 18 heteroatoms. The number of ether oxygens (including phenoxy) is 2. The number of aliphatic hydroxyl groups is 1. The maximum atomic E-state index is 12.5. The fraction of sp³-hybridized carbons (Fsp3) is 0.538. The molecule has 5 N–H and O–H groups in total. The Morgan fingerprint density at radius 2 is 1.95 bits per heavy atom. The normalized spacial score (nSPS) is 19.2. The molecule has 3 heterocycles. The molecule has 1 saturated heterocycles. The van der Waals surface area contributed by atoms with E-state index in [0.717, 1.165) is 13.4 Å². The number of carbonyl (C=O) groups excluding carboxylic acids is 1. The zero-order valence-corrected chi connectivity index (χ0v) is 27.5. The fourth-order valence-corrected chi connectivity index (χ4v) is 6.30. The third-order valence-electron chi connectivity index (χ3n) is 6.23. The number of imidazole rings is 1. The summed E-state index contributed by atoms with van der Waals surface area (Å²) in [5.41, 5.74) is 5.65. The molecular weight excluding hydrogens is 615 g/mol. The number of carbonyl (C=O) groups is 1. The zero-order chi connectivity index (χ0) is 32.7. The van der Waals surface area contributed by atoms with Crippen molar-refractivity contribution in [3.8, 4) is 5.75 Å². The lowest BCUT2D eigenvalue weighted by atomic mass is 10.1. The lowest BCUT2D eigenvalue weighted by molar-refractivity contribution is -0.149. The van der Waals surface area contributed by atoms with Crippen LogP contribution in [-0.2, 0) is 28.8 Å². The smallest absolute Gasteiger partial charge is 0.326 e. The van der Waals surface area contributed by atoms with Crippen molar-refractivity contribution in [2.45, 2.75) is 52.0 Å². The summed E-state index contributed by atoms with van der Waals surface area (Å²) in [6.45, 7) is 7.63. The SMILES string of the molecule is CCOC(=O)C(C)(C)NP(OCC1CC(C)[C@H](n2cnc3c(N(C)NS(C)(=O)=O)nc(N)nc32)O1)Oc1ccccc1.CO. The van der Waals surface area contributed by atoms with E-state index in [-0.39, 0.29) is 37.0 Å². The molecule has 0 bridgehead atoms. The van der Waals surface area contributed by atoms with Crippen LogP contribution in [-0.4, -0.2) is 84.3 Å². The molecule has 0 radical (unpaired) electrons. The van der Waals surface area contributed by atoms with E-state index < -0.39 is 36.3 Å². The Hall–Kier alpha value is -3.18. The number of nitrogen functional groups attached to an aromatic ring is 1. The standard InChI is InChI=1S/C25H37N8O7PS.CH4O/c1-7-37-23(34)25(3,4)30-41(40-17-11-9-8-10-12-17)38-14-18-13-16(2)22(39-18)33-15-27-19-20(28-24(26)29-21(19)33)32(5)31-42(6,35)36;1-2/h8-12,15-16,18,22,30-31H,7,13-14H2,1-6H3,(H2,26,28,29);2H,1H3/t16?,18?,22-,41?;/m1./s1. The summed E-state index contributed by atoms with van der Waals surface area (Å²) < 4.78 is 49.1. The second-order valence-electron chi connectivity index (χ2n) is 10.4. The summed E-state index contributed by atoms with van der Waals surface area (Å²) >= 11 is 0. The number of sulfonamides is 1. The minimum Gasteiger partial charge on any atom is -0.465 e. The average Bonchev–Trinajstić information content (AvgIpc) is 3.54. The Morgan fingerprint density at radius 3 is 2.59 bits per heavy atom. The van der Waals surface area contributed by atoms with Crippen molar-refractivity contribution in [1.29, 1.82) is 0 Å². The predicted octanol–water partition coefficient (Wildman–Crippen LogP) is 2.09. The first kappa shape index (κ1) is 35.3. The van der Waals surface area contributed by atoms with Crippen LogP contribution >= 0.6 is 8.53 Å². The molecule has 44 heavy (non-hydrogen) atoms. The third-order valence-corrected chi connectivity index (χ3v) is 8.34. The maximum absolute atomic E-state index is 12.5. The molecule has 3 unspecified atom stereocenters. The lowest BCUT2D eigenvalue weighted by Crippen LogP contribution is -2.46. The number of aliphatic hydroxyl groups excluding tert-OH is 1. The monoisotopic (exact) mass is 656 g/mol. The Morgan fingerprint density at radius 1 is 1.27 bits per heavy atom. The summed E-state index contributed by atoms with van der Waals surface area (Å²) in [5, 5.41) is 11.4. The van der Waals surface area contributed by atoms with Gasteiger partial charge >= 0.3 is 14.5 Å². The number of hydrogen-bond acceptors (Lipinski definition) is 14. The molecule has 16 nitrogen and oxygen atoms in total. The molecule has 0 amide bonds. The number of fused-ring (bicyclic) bond motifs is 1. The highest BCUT2D eigenvalue weighted by atomic mass is 32.2. The third kappa shape index (κ3) is 9.17. The molecule has 4 atom stereocenters. The van der Waals surface area contributed by atoms with Gasteiger partial charge in [0.1, 0.15) is 17.5 Å². The summed E-state index contributed by atoms with van der Waals surface area (Å²) in [6.07, 6.45) is 2.49. The van der Waals surface area contributed by atoms with Gasteiger partial charge in [0.25, 0.3) is 0 Å². The van der Waals surface area contributed by atoms with E-state index in [4.69, 9.17) is 29.4 Å². The van der Waals surface area contributed by atoms with Gasteiger partial charge in [-0.3, -0.25) is 14.4 Å². The van der Waals surface area contributed by atoms with E-state index >= 15 is 0 Å². The number of hydrogen-bond donors (Lipinski definition) is 4. The van der Waals surface area contributed by atoms with Crippen molar-refractivity contribution in [2.75, 3.05) is 44.4 Å². The van der Waals surface area contributed by atoms with Gasteiger partial charge in [-0.05, 0) is 39.3 Å². The second-order valence-corrected chi connectivity index (χ2v) is 13.3. The van der Waals surface area contributed by atoms with Crippen LogP contribution in [0.15, 0.2) is 36.7 Å². The molecule has 4 rings (SSSR count). The van der Waals surface area contributed by atoms with Crippen LogP contribution in [0.4, 0.5) is 11.8 Å². The Bertz CT molecular complexity index is 1490. The van der Waals surface area contributed by atoms with Crippen LogP contribution in [0.2, 0.25) is 0 Å². The van der Waals surface area contributed by atoms with Crippen molar-refractivity contribution in [3.63, 3.8) is 0 Å². The van der Waals surface area contributed by atoms with E-state index in [1.807, 2.05) is 25.1 Å². The topological polar surface area (TPSA) is 205 Å². The molecule has 2 aromatic heterocycles. The zero-order valence-electron chi connectivity index (χ0n) is 25.8. The van der Waals surface area contributed by atoms with Crippen LogP contribution in [0.25, 0.3) is 11.2 Å². The molecule has 1 aliphatic rings. The van der Waals surface area contributed by atoms with Crippen LogP contribution in [0.1, 0.15) is 40.3 Å². The number of nitrogens with one attached hydrogen (secondary N) is 2. The number of nitrogens with zero attached hydrogens (tertiary/aromatic N) is 5. The number of nitrogens with two attached hydrogens (primary N) is 1. The van der Waals surface area contributed by atoms with Crippen LogP contribution < -0.4 is 25.2 Å². The van der Waals surface area contributed by atoms with Crippen LogP contribution in [0, 0.1) is 5.92 Å². The number of hydrazine groups is 1. The second kappa shape index (κ2) is 15.2. The summed E-state index contributed by atoms with van der Waals surface area (Å²) in [4.78, 5) is 27.8. The van der Waals surface area contributed by atoms with E-state index in [0.29, 0.717) is 23.3 Å². The molecule has 0 saturated carbocycles. The van der Waals surface area contributed by atoms with Crippen molar-refractivity contribution >= 4 is 47.4 Å². The van der Waals surface area contributed by atoms with Gasteiger partial charge in [0.15, 0.2) is 17.0 Å². The average molecular weight is 657 g/mol. The van der Waals surface area contributed by atoms with Crippen LogP contribution in [0.5, 0.6) is 5.75 Å². The first-order chi connectivity index (χ1) is 20.8. The highest BCUT2D eigenvalue weighted by Gasteiger charge is 2.38. The minimum atomic E-state index is -3.57. The van der Waals surface area contributed by atoms with Gasteiger partial charge < -0.3 is 29.4 Å². The largest absolute Gasteiger partial charge is 0.465 e. The summed E-state index contributed by atoms with van der Waals surface area (Å²) in [5.74, 6) is 0.348. The number of rotatable bonds is 13. The first-order valence-corrected chi connectivity index (χ1v) is 16.8. The van der Waals surface area contributed by atoms with Crippen molar-refractivity contribution in [2.24, 2.45) is 5.92 Å². The molecule has 1 aliphatic heterocycles. The summed E-state index contributed by atoms with van der Waals surface area (Å²) in [7, 11) is -2.83. The number of anilines is 2. The van der Waals surface area contributed by atoms with E-state index in [9.17, 15) is 13.2 Å². The van der Waals surface area contributed by atoms with Crippen molar-refractivity contribution < 1.29 is 36.8 Å². The number of para-hydroxylation sites is 1. The summed E-state index contributed by atoms with van der Waals surface area (Å²) in [6, 6.07) is 9.17. The molecule has 0 aliphatic carbocycles. The highest BCUT2D eigenvalue weighted by Crippen LogP contribution is 2.41. The number of aromatic nitrogens is 4. The fourth-order valence-electron chi connectivity index (χ4n) is 4.39. The molecule has 1 aromatic carbocycles. The van der Waals surface area contributed by atoms with Gasteiger partial charge in [-0.1, -0.05) is 25.1 Å². The highest BCUT2D eigenvalue weighted by molar-refractivity contribution is 7.88. The van der Waals surface area contributed by atoms with E-state index in [2.05, 4.69) is 24.9 Å². The van der Waals surface area contributed by atoms with Gasteiger partial charge in [-0.25, -0.2) is 18.5 Å². The quantitative estimate of drug-likeness (QED) is 0.118. The molecule has 0 spiro atoms. The van der Waals surface area contributed by atoms with Gasteiger partial charge in [0, 0.05) is 20.1 Å². The van der Waals surface area contributed by atoms with Gasteiger partial charge in [0.2, 0.25) is 16.0 Å². The Kier molecular flexibility index (Phi) is 12.2. The number of esters is 1. The predicted molar refractivity (Wildman–Crippen MR) is 166 cm³/mol. The maximum Gasteiger partial charge on any atom is 0.326 e. The molecule has 3 aromatic rings. The van der Waals surface area contributed by atoms with Gasteiger partial charge in [-0.2, -0.15) is 9.97 Å². The van der Waals surface area contributed by atoms with Gasteiger partial charge in [0.05, 0.1) is 31.9 Å². The molecular formula is C26H41N8O8PS. The minimum absolute atomic E-state index is 0.0349. The van der Waals surface area contributed by atoms with Crippen LogP contribution in [0.3, 0.4) is 0 Å². The van der Waals surface area contributed by atoms with E-state index in [1.54, 1.807) is 43.8 Å². The first-order valence-electron chi connectivity index (χ1n) is 13.7. The Balaban J connectivity index is 0.00000259. The molecule has 1 fully saturated rings. The van der Waals surface area contributed by atoms with Crippen molar-refractivity contribution in [3.05, 3.63) is 36.7 Å². The molecule has 244 valence electrons. The Labute approximate surface area is 258 Å².